The second-order valence-electron chi connectivity index (χ2n) is 5.65. The lowest BCUT2D eigenvalue weighted by Crippen LogP contribution is -2.42. The number of benzene rings is 2. The van der Waals surface area contributed by atoms with Crippen LogP contribution >= 0.6 is 0 Å². The lowest BCUT2D eigenvalue weighted by molar-refractivity contribution is -0.141. The first-order valence-electron chi connectivity index (χ1n) is 8.29. The minimum Gasteiger partial charge on any atom is -0.497 e. The van der Waals surface area contributed by atoms with E-state index in [1.807, 2.05) is 54.6 Å². The summed E-state index contributed by atoms with van der Waals surface area (Å²) in [7, 11) is 3.19. The van der Waals surface area contributed by atoms with E-state index < -0.39 is 6.04 Å². The van der Waals surface area contributed by atoms with E-state index in [-0.39, 0.29) is 11.8 Å². The number of carbonyl (C=O) groups excluding carboxylic acids is 2. The Bertz CT molecular complexity index is 699. The van der Waals surface area contributed by atoms with Crippen molar-refractivity contribution in [3.05, 3.63) is 65.7 Å². The van der Waals surface area contributed by atoms with Crippen molar-refractivity contribution in [2.24, 2.45) is 0 Å². The van der Waals surface area contributed by atoms with Gasteiger partial charge < -0.3 is 15.0 Å². The van der Waals surface area contributed by atoms with E-state index in [4.69, 9.17) is 4.74 Å². The van der Waals surface area contributed by atoms with Gasteiger partial charge in [0.25, 0.3) is 0 Å². The number of methoxy groups -OCH3 is 1. The molecule has 1 atom stereocenters. The molecule has 1 N–H and O–H groups in total. The Hall–Kier alpha value is -2.82. The van der Waals surface area contributed by atoms with Crippen LogP contribution in [0.1, 0.15) is 30.5 Å². The highest BCUT2D eigenvalue weighted by molar-refractivity contribution is 5.88. The van der Waals surface area contributed by atoms with E-state index in [1.54, 1.807) is 26.0 Å². The number of nitrogens with zero attached hydrogens (tertiary/aromatic N) is 1. The molecule has 132 valence electrons. The van der Waals surface area contributed by atoms with Crippen LogP contribution < -0.4 is 10.1 Å². The molecule has 1 unspecified atom stereocenters. The number of likely N-dealkylation sites (N-methyl/N-ethyl adjacent to an activating group) is 1. The number of hydrogen-bond donors (Lipinski definition) is 1. The van der Waals surface area contributed by atoms with Gasteiger partial charge >= 0.3 is 0 Å². The van der Waals surface area contributed by atoms with Gasteiger partial charge in [-0.05, 0) is 23.3 Å². The van der Waals surface area contributed by atoms with Crippen molar-refractivity contribution in [2.45, 2.75) is 25.9 Å². The van der Waals surface area contributed by atoms with Gasteiger partial charge in [0.1, 0.15) is 11.8 Å². The molecule has 5 nitrogen and oxygen atoms in total. The zero-order valence-electron chi connectivity index (χ0n) is 14.9. The number of ether oxygens (including phenoxy) is 1. The highest BCUT2D eigenvalue weighted by Crippen LogP contribution is 2.25. The van der Waals surface area contributed by atoms with Crippen molar-refractivity contribution in [3.8, 4) is 5.75 Å². The van der Waals surface area contributed by atoms with Crippen LogP contribution in [0.4, 0.5) is 0 Å². The second-order valence-corrected chi connectivity index (χ2v) is 5.65. The molecule has 0 saturated heterocycles. The molecule has 0 spiro atoms. The van der Waals surface area contributed by atoms with Crippen LogP contribution in [-0.4, -0.2) is 30.9 Å². The van der Waals surface area contributed by atoms with Crippen LogP contribution in [0.5, 0.6) is 5.75 Å². The normalized spacial score (nSPS) is 11.5. The quantitative estimate of drug-likeness (QED) is 0.843. The number of nitrogens with one attached hydrogen (secondary N) is 1. The molecule has 0 aliphatic carbocycles. The Morgan fingerprint density at radius 1 is 1.08 bits per heavy atom. The van der Waals surface area contributed by atoms with Crippen molar-refractivity contribution in [3.63, 3.8) is 0 Å². The predicted octanol–water partition coefficient (Wildman–Crippen LogP) is 2.92. The second kappa shape index (κ2) is 8.87. The van der Waals surface area contributed by atoms with Crippen molar-refractivity contribution >= 4 is 11.8 Å². The molecule has 25 heavy (non-hydrogen) atoms. The minimum absolute atomic E-state index is 0.0757. The Balaban J connectivity index is 2.38. The first kappa shape index (κ1) is 18.5. The molecule has 2 aromatic rings. The lowest BCUT2D eigenvalue weighted by Gasteiger charge is -2.31. The summed E-state index contributed by atoms with van der Waals surface area (Å²) in [5, 5.41) is 2.67. The summed E-state index contributed by atoms with van der Waals surface area (Å²) in [6.45, 7) is 2.15. The topological polar surface area (TPSA) is 58.6 Å². The van der Waals surface area contributed by atoms with Gasteiger partial charge in [0.15, 0.2) is 0 Å². The molecule has 0 aliphatic rings. The molecule has 0 heterocycles. The molecule has 0 aliphatic heterocycles. The van der Waals surface area contributed by atoms with E-state index in [2.05, 4.69) is 5.32 Å². The van der Waals surface area contributed by atoms with Gasteiger partial charge in [-0.1, -0.05) is 49.4 Å². The first-order valence-corrected chi connectivity index (χ1v) is 8.29. The maximum Gasteiger partial charge on any atom is 0.247 e. The van der Waals surface area contributed by atoms with Gasteiger partial charge in [0, 0.05) is 20.0 Å². The third-order valence-corrected chi connectivity index (χ3v) is 4.06. The SMILES string of the molecule is CCC(=O)N(Cc1ccc(OC)cc1)C(C(=O)NC)c1ccccc1. The molecule has 0 aromatic heterocycles. The largest absolute Gasteiger partial charge is 0.497 e. The highest BCUT2D eigenvalue weighted by Gasteiger charge is 2.30. The average molecular weight is 340 g/mol. The van der Waals surface area contributed by atoms with E-state index >= 15 is 0 Å². The molecule has 2 amide bonds. The Kier molecular flexibility index (Phi) is 6.57. The third-order valence-electron chi connectivity index (χ3n) is 4.06. The van der Waals surface area contributed by atoms with Crippen molar-refractivity contribution in [1.82, 2.24) is 10.2 Å². The van der Waals surface area contributed by atoms with Gasteiger partial charge in [-0.2, -0.15) is 0 Å². The number of hydrogen-bond acceptors (Lipinski definition) is 3. The summed E-state index contributed by atoms with van der Waals surface area (Å²) < 4.78 is 5.17. The fraction of sp³-hybridized carbons (Fsp3) is 0.300. The van der Waals surface area contributed by atoms with Crippen LogP contribution in [0.2, 0.25) is 0 Å². The summed E-state index contributed by atoms with van der Waals surface area (Å²) in [5.41, 5.74) is 1.73. The van der Waals surface area contributed by atoms with E-state index in [9.17, 15) is 9.59 Å². The summed E-state index contributed by atoms with van der Waals surface area (Å²) in [5.74, 6) is 0.470. The van der Waals surface area contributed by atoms with E-state index in [0.29, 0.717) is 13.0 Å². The molecule has 0 fully saturated rings. The summed E-state index contributed by atoms with van der Waals surface area (Å²) >= 11 is 0. The molecule has 2 aromatic carbocycles. The van der Waals surface area contributed by atoms with Gasteiger partial charge in [-0.3, -0.25) is 9.59 Å². The summed E-state index contributed by atoms with van der Waals surface area (Å²) in [6, 6.07) is 16.2. The van der Waals surface area contributed by atoms with Crippen LogP contribution in [0, 0.1) is 0 Å². The van der Waals surface area contributed by atoms with Crippen LogP contribution in [0.15, 0.2) is 54.6 Å². The number of carbonyl (C=O) groups is 2. The Morgan fingerprint density at radius 2 is 1.72 bits per heavy atom. The zero-order valence-corrected chi connectivity index (χ0v) is 14.9. The van der Waals surface area contributed by atoms with E-state index in [0.717, 1.165) is 16.9 Å². The van der Waals surface area contributed by atoms with Gasteiger partial charge in [0.2, 0.25) is 11.8 Å². The average Bonchev–Trinajstić information content (AvgIpc) is 2.68. The van der Waals surface area contributed by atoms with Crippen molar-refractivity contribution in [1.29, 1.82) is 0 Å². The Morgan fingerprint density at radius 3 is 2.24 bits per heavy atom. The maximum absolute atomic E-state index is 12.6. The fourth-order valence-electron chi connectivity index (χ4n) is 2.70. The molecular formula is C20H24N2O3. The molecule has 0 bridgehead atoms. The van der Waals surface area contributed by atoms with Gasteiger partial charge in [0.05, 0.1) is 7.11 Å². The standard InChI is InChI=1S/C20H24N2O3/c1-4-18(23)22(14-15-10-12-17(25-3)13-11-15)19(20(24)21-2)16-8-6-5-7-9-16/h5-13,19H,4,14H2,1-3H3,(H,21,24). The zero-order chi connectivity index (χ0) is 18.2. The van der Waals surface area contributed by atoms with Gasteiger partial charge in [-0.25, -0.2) is 0 Å². The summed E-state index contributed by atoms with van der Waals surface area (Å²) in [6.07, 6.45) is 0.330. The highest BCUT2D eigenvalue weighted by atomic mass is 16.5. The molecule has 0 radical (unpaired) electrons. The maximum atomic E-state index is 12.6. The van der Waals surface area contributed by atoms with Crippen LogP contribution in [0.25, 0.3) is 0 Å². The predicted molar refractivity (Wildman–Crippen MR) is 97.1 cm³/mol. The fourth-order valence-corrected chi connectivity index (χ4v) is 2.70. The van der Waals surface area contributed by atoms with Crippen molar-refractivity contribution < 1.29 is 14.3 Å². The monoisotopic (exact) mass is 340 g/mol. The van der Waals surface area contributed by atoms with Crippen LogP contribution in [-0.2, 0) is 16.1 Å². The molecular weight excluding hydrogens is 316 g/mol. The van der Waals surface area contributed by atoms with Crippen molar-refractivity contribution in [2.75, 3.05) is 14.2 Å². The van der Waals surface area contributed by atoms with E-state index in [1.165, 1.54) is 0 Å². The molecule has 0 saturated carbocycles. The molecule has 2 rings (SSSR count). The minimum atomic E-state index is -0.666. The summed E-state index contributed by atoms with van der Waals surface area (Å²) in [4.78, 5) is 26.8. The number of rotatable bonds is 7. The number of amides is 2. The smallest absolute Gasteiger partial charge is 0.247 e. The molecule has 5 heteroatoms. The third kappa shape index (κ3) is 4.59. The Labute approximate surface area is 148 Å². The van der Waals surface area contributed by atoms with Gasteiger partial charge in [-0.15, -0.1) is 0 Å². The van der Waals surface area contributed by atoms with Crippen LogP contribution in [0.3, 0.4) is 0 Å². The lowest BCUT2D eigenvalue weighted by atomic mass is 10.0. The first-order chi connectivity index (χ1) is 12.1.